The van der Waals surface area contributed by atoms with Gasteiger partial charge in [-0.1, -0.05) is 6.92 Å². The number of nitrogens with one attached hydrogen (secondary N) is 1. The fourth-order valence-electron chi connectivity index (χ4n) is 6.03. The van der Waals surface area contributed by atoms with Crippen LogP contribution in [-0.4, -0.2) is 36.1 Å². The fraction of sp³-hybridized carbons (Fsp3) is 0.565. The summed E-state index contributed by atoms with van der Waals surface area (Å²) in [5, 5.41) is 7.41. The maximum absolute atomic E-state index is 13.6. The van der Waals surface area contributed by atoms with Crippen molar-refractivity contribution in [1.82, 2.24) is 9.78 Å². The van der Waals surface area contributed by atoms with Crippen LogP contribution in [0.3, 0.4) is 0 Å². The van der Waals surface area contributed by atoms with Crippen molar-refractivity contribution in [1.29, 1.82) is 0 Å². The molecule has 4 rings (SSSR count). The van der Waals surface area contributed by atoms with Gasteiger partial charge in [0.25, 0.3) is 5.91 Å². The number of anilines is 2. The average Bonchev–Trinajstić information content (AvgIpc) is 3.26. The molecule has 2 aliphatic rings. The molecule has 0 bridgehead atoms. The number of fused-ring (bicyclic) bond motifs is 1. The molecule has 2 fully saturated rings. The number of sulfone groups is 1. The van der Waals surface area contributed by atoms with E-state index in [1.54, 1.807) is 20.0 Å². The predicted molar refractivity (Wildman–Crippen MR) is 123 cm³/mol. The van der Waals surface area contributed by atoms with Crippen molar-refractivity contribution < 1.29 is 17.6 Å². The Kier molecular flexibility index (Phi) is 5.59. The van der Waals surface area contributed by atoms with Gasteiger partial charge in [0.2, 0.25) is 0 Å². The summed E-state index contributed by atoms with van der Waals surface area (Å²) in [5.74, 6) is 0.790. The van der Waals surface area contributed by atoms with Crippen LogP contribution in [0, 0.1) is 30.0 Å². The second-order valence-electron chi connectivity index (χ2n) is 10.2. The molecular formula is C23H31FN4O3S. The van der Waals surface area contributed by atoms with Crippen molar-refractivity contribution in [3.8, 4) is 0 Å². The average molecular weight is 463 g/mol. The lowest BCUT2D eigenvalue weighted by atomic mass is 9.85. The van der Waals surface area contributed by atoms with Crippen molar-refractivity contribution in [2.24, 2.45) is 24.3 Å². The first-order valence-electron chi connectivity index (χ1n) is 10.9. The van der Waals surface area contributed by atoms with Crippen LogP contribution in [-0.2, 0) is 16.9 Å². The summed E-state index contributed by atoms with van der Waals surface area (Å²) in [6.07, 6.45) is 4.80. The zero-order valence-electron chi connectivity index (χ0n) is 19.0. The summed E-state index contributed by atoms with van der Waals surface area (Å²) in [5.41, 5.74) is 8.06. The number of nitrogens with two attached hydrogens (primary N) is 1. The SMILES string of the molecule is Cc1cc(NC(=O)c2c(C3CC4CC(C)(CS(C)(=O)=O)CC4C3)nn(C)c2N)ccc1F. The van der Waals surface area contributed by atoms with Crippen molar-refractivity contribution in [2.45, 2.75) is 45.4 Å². The molecule has 2 unspecified atom stereocenters. The lowest BCUT2D eigenvalue weighted by Crippen LogP contribution is -2.24. The molecule has 32 heavy (non-hydrogen) atoms. The number of hydrogen-bond acceptors (Lipinski definition) is 5. The quantitative estimate of drug-likeness (QED) is 0.705. The number of aryl methyl sites for hydroxylation is 2. The summed E-state index contributed by atoms with van der Waals surface area (Å²) >= 11 is 0. The molecule has 2 atom stereocenters. The van der Waals surface area contributed by atoms with E-state index in [-0.39, 0.29) is 28.8 Å². The Balaban J connectivity index is 1.53. The Morgan fingerprint density at radius 3 is 2.50 bits per heavy atom. The van der Waals surface area contributed by atoms with E-state index in [0.717, 1.165) is 25.7 Å². The Morgan fingerprint density at radius 1 is 1.31 bits per heavy atom. The Hall–Kier alpha value is -2.42. The van der Waals surface area contributed by atoms with E-state index in [2.05, 4.69) is 17.3 Å². The van der Waals surface area contributed by atoms with Crippen LogP contribution in [0.15, 0.2) is 18.2 Å². The number of aromatic nitrogens is 2. The molecule has 0 radical (unpaired) electrons. The summed E-state index contributed by atoms with van der Waals surface area (Å²) in [4.78, 5) is 13.1. The van der Waals surface area contributed by atoms with Crippen LogP contribution in [0.1, 0.15) is 60.1 Å². The van der Waals surface area contributed by atoms with Gasteiger partial charge in [0.1, 0.15) is 27.0 Å². The van der Waals surface area contributed by atoms with Crippen molar-refractivity contribution >= 4 is 27.2 Å². The van der Waals surface area contributed by atoms with E-state index in [0.29, 0.717) is 40.2 Å². The van der Waals surface area contributed by atoms with Crippen LogP contribution < -0.4 is 11.1 Å². The monoisotopic (exact) mass is 462 g/mol. The molecule has 0 saturated heterocycles. The highest BCUT2D eigenvalue weighted by molar-refractivity contribution is 7.90. The van der Waals surface area contributed by atoms with Gasteiger partial charge >= 0.3 is 0 Å². The van der Waals surface area contributed by atoms with Crippen LogP contribution >= 0.6 is 0 Å². The van der Waals surface area contributed by atoms with E-state index in [1.165, 1.54) is 23.1 Å². The van der Waals surface area contributed by atoms with Gasteiger partial charge in [-0.2, -0.15) is 5.10 Å². The van der Waals surface area contributed by atoms with Crippen molar-refractivity contribution in [3.63, 3.8) is 0 Å². The number of carbonyl (C=O) groups excluding carboxylic acids is 1. The maximum atomic E-state index is 13.6. The number of rotatable bonds is 5. The number of hydrogen-bond donors (Lipinski definition) is 2. The number of amides is 1. The minimum atomic E-state index is -3.03. The van der Waals surface area contributed by atoms with E-state index in [1.807, 2.05) is 0 Å². The van der Waals surface area contributed by atoms with Gasteiger partial charge in [0.05, 0.1) is 11.4 Å². The third-order valence-electron chi connectivity index (χ3n) is 7.11. The van der Waals surface area contributed by atoms with E-state index in [9.17, 15) is 17.6 Å². The second-order valence-corrected chi connectivity index (χ2v) is 12.3. The normalized spacial score (nSPS) is 27.5. The first kappa shape index (κ1) is 22.8. The van der Waals surface area contributed by atoms with Gasteiger partial charge in [-0.3, -0.25) is 9.48 Å². The highest BCUT2D eigenvalue weighted by Gasteiger charge is 2.49. The molecule has 7 nitrogen and oxygen atoms in total. The van der Waals surface area contributed by atoms with Gasteiger partial charge in [-0.05, 0) is 73.6 Å². The molecule has 1 aromatic carbocycles. The molecule has 1 amide bonds. The predicted octanol–water partition coefficient (Wildman–Crippen LogP) is 3.66. The Morgan fingerprint density at radius 2 is 1.94 bits per heavy atom. The summed E-state index contributed by atoms with van der Waals surface area (Å²) in [6, 6.07) is 4.43. The maximum Gasteiger partial charge on any atom is 0.261 e. The topological polar surface area (TPSA) is 107 Å². The fourth-order valence-corrected chi connectivity index (χ4v) is 7.53. The summed E-state index contributed by atoms with van der Waals surface area (Å²) in [6.45, 7) is 3.72. The third kappa shape index (κ3) is 4.40. The summed E-state index contributed by atoms with van der Waals surface area (Å²) < 4.78 is 38.8. The molecule has 3 N–H and O–H groups in total. The Labute approximate surface area is 188 Å². The van der Waals surface area contributed by atoms with Crippen LogP contribution in [0.5, 0.6) is 0 Å². The lowest BCUT2D eigenvalue weighted by molar-refractivity contribution is 0.102. The first-order valence-corrected chi connectivity index (χ1v) is 13.0. The molecule has 2 aromatic rings. The molecule has 0 aliphatic heterocycles. The number of halogens is 1. The highest BCUT2D eigenvalue weighted by Crippen LogP contribution is 2.57. The largest absolute Gasteiger partial charge is 0.383 e. The molecule has 1 heterocycles. The Bertz CT molecular complexity index is 1160. The molecule has 174 valence electrons. The molecule has 1 aromatic heterocycles. The summed E-state index contributed by atoms with van der Waals surface area (Å²) in [7, 11) is -1.31. The van der Waals surface area contributed by atoms with Crippen molar-refractivity contribution in [3.05, 3.63) is 40.8 Å². The van der Waals surface area contributed by atoms with Gasteiger partial charge in [0.15, 0.2) is 0 Å². The molecule has 0 spiro atoms. The van der Waals surface area contributed by atoms with Gasteiger partial charge in [-0.15, -0.1) is 0 Å². The minimum absolute atomic E-state index is 0.104. The van der Waals surface area contributed by atoms with Crippen LogP contribution in [0.4, 0.5) is 15.9 Å². The molecule has 2 saturated carbocycles. The first-order chi connectivity index (χ1) is 14.8. The third-order valence-corrected chi connectivity index (χ3v) is 8.33. The minimum Gasteiger partial charge on any atom is -0.383 e. The lowest BCUT2D eigenvalue weighted by Gasteiger charge is -2.24. The highest BCUT2D eigenvalue weighted by atomic mass is 32.2. The second kappa shape index (κ2) is 7.86. The zero-order chi connectivity index (χ0) is 23.4. The standard InChI is InChI=1S/C23H31FN4O3S/c1-13-7-17(5-6-18(13)24)26-22(29)19-20(27-28(3)21(19)25)14-8-15-10-23(2,11-16(15)9-14)12-32(4,30)31/h5-7,14-16H,8-12,25H2,1-4H3,(H,26,29). The van der Waals surface area contributed by atoms with E-state index in [4.69, 9.17) is 5.73 Å². The number of nitrogens with zero attached hydrogens (tertiary/aromatic N) is 2. The smallest absolute Gasteiger partial charge is 0.261 e. The van der Waals surface area contributed by atoms with Crippen LogP contribution in [0.2, 0.25) is 0 Å². The van der Waals surface area contributed by atoms with Gasteiger partial charge < -0.3 is 11.1 Å². The number of benzene rings is 1. The van der Waals surface area contributed by atoms with Gasteiger partial charge in [-0.25, -0.2) is 12.8 Å². The van der Waals surface area contributed by atoms with Crippen LogP contribution in [0.25, 0.3) is 0 Å². The molecule has 2 aliphatic carbocycles. The van der Waals surface area contributed by atoms with E-state index < -0.39 is 9.84 Å². The zero-order valence-corrected chi connectivity index (χ0v) is 19.8. The van der Waals surface area contributed by atoms with Gasteiger partial charge in [0, 0.05) is 24.9 Å². The van der Waals surface area contributed by atoms with E-state index >= 15 is 0 Å². The number of nitrogen functional groups attached to an aromatic ring is 1. The van der Waals surface area contributed by atoms with Crippen molar-refractivity contribution in [2.75, 3.05) is 23.1 Å². The molecule has 9 heteroatoms. The molecular weight excluding hydrogens is 431 g/mol. The number of carbonyl (C=O) groups is 1.